The number of carboxylic acids is 1. The summed E-state index contributed by atoms with van der Waals surface area (Å²) in [7, 11) is 1.85. The van der Waals surface area contributed by atoms with Crippen molar-refractivity contribution in [2.45, 2.75) is 24.8 Å². The van der Waals surface area contributed by atoms with Crippen molar-refractivity contribution < 1.29 is 9.90 Å². The van der Waals surface area contributed by atoms with Crippen molar-refractivity contribution in [2.75, 3.05) is 12.3 Å². The van der Waals surface area contributed by atoms with Gasteiger partial charge in [-0.15, -0.1) is 0 Å². The molecule has 3 aromatic rings. The zero-order chi connectivity index (χ0) is 18.4. The molecule has 1 fully saturated rings. The Morgan fingerprint density at radius 1 is 1.38 bits per heavy atom. The van der Waals surface area contributed by atoms with E-state index in [1.165, 1.54) is 0 Å². The van der Waals surface area contributed by atoms with Gasteiger partial charge in [-0.1, -0.05) is 0 Å². The molecule has 0 radical (unpaired) electrons. The minimum Gasteiger partial charge on any atom is -0.480 e. The number of carbonyl (C=O) groups is 1. The highest BCUT2D eigenvalue weighted by molar-refractivity contribution is 9.10. The number of rotatable bonds is 3. The van der Waals surface area contributed by atoms with E-state index in [2.05, 4.69) is 31.4 Å². The molecule has 9 nitrogen and oxygen atoms in total. The predicted octanol–water partition coefficient (Wildman–Crippen LogP) is 1.39. The molecule has 4 N–H and O–H groups in total. The highest BCUT2D eigenvalue weighted by Gasteiger charge is 2.29. The fourth-order valence-electron chi connectivity index (χ4n) is 3.35. The van der Waals surface area contributed by atoms with E-state index in [-0.39, 0.29) is 5.92 Å². The molecule has 1 aliphatic rings. The number of hydrogen-bond donors (Lipinski definition) is 3. The standard InChI is InChI=1S/C16H18BrN7O2/c1-23-7-9(5-20-23)10-6-21-24-14(18)12(17)13(22-15(10)24)8-2-3-11(16(25)26)19-4-8/h5-8,11,19H,2-4,18H2,1H3,(H,25,26). The summed E-state index contributed by atoms with van der Waals surface area (Å²) in [6.07, 6.45) is 6.66. The Hall–Kier alpha value is -2.46. The monoisotopic (exact) mass is 419 g/mol. The normalized spacial score (nSPS) is 20.5. The first kappa shape index (κ1) is 17.0. The smallest absolute Gasteiger partial charge is 0.320 e. The molecule has 2 atom stereocenters. The van der Waals surface area contributed by atoms with Gasteiger partial charge in [0.05, 0.1) is 22.6 Å². The Morgan fingerprint density at radius 2 is 2.19 bits per heavy atom. The summed E-state index contributed by atoms with van der Waals surface area (Å²) in [4.78, 5) is 16.0. The average molecular weight is 420 g/mol. The molecule has 4 rings (SSSR count). The third kappa shape index (κ3) is 2.74. The Bertz CT molecular complexity index is 988. The van der Waals surface area contributed by atoms with Gasteiger partial charge in [-0.25, -0.2) is 4.98 Å². The van der Waals surface area contributed by atoms with Gasteiger partial charge in [-0.2, -0.15) is 14.7 Å². The number of carboxylic acid groups (broad SMARTS) is 1. The first-order valence-corrected chi connectivity index (χ1v) is 9.02. The van der Waals surface area contributed by atoms with Crippen molar-refractivity contribution in [1.29, 1.82) is 0 Å². The SMILES string of the molecule is Cn1cc(-c2cnn3c(N)c(Br)c(C4CCC(C(=O)O)NC4)nc23)cn1. The summed E-state index contributed by atoms with van der Waals surface area (Å²) in [5, 5.41) is 20.8. The molecule has 0 aliphatic carbocycles. The van der Waals surface area contributed by atoms with Crippen LogP contribution < -0.4 is 11.1 Å². The Labute approximate surface area is 157 Å². The lowest BCUT2D eigenvalue weighted by Gasteiger charge is -2.28. The molecule has 4 heterocycles. The average Bonchev–Trinajstić information content (AvgIpc) is 3.24. The fourth-order valence-corrected chi connectivity index (χ4v) is 3.93. The molecule has 10 heteroatoms. The Morgan fingerprint density at radius 3 is 2.81 bits per heavy atom. The molecule has 2 unspecified atom stereocenters. The second kappa shape index (κ2) is 6.36. The number of nitrogens with two attached hydrogens (primary N) is 1. The summed E-state index contributed by atoms with van der Waals surface area (Å²) in [6.45, 7) is 0.536. The lowest BCUT2D eigenvalue weighted by atomic mass is 9.92. The van der Waals surface area contributed by atoms with Gasteiger partial charge in [0.1, 0.15) is 11.9 Å². The van der Waals surface area contributed by atoms with Gasteiger partial charge in [-0.3, -0.25) is 9.48 Å². The maximum Gasteiger partial charge on any atom is 0.320 e. The van der Waals surface area contributed by atoms with Crippen LogP contribution in [0.4, 0.5) is 5.82 Å². The van der Waals surface area contributed by atoms with E-state index in [9.17, 15) is 4.79 Å². The highest BCUT2D eigenvalue weighted by Crippen LogP contribution is 2.35. The first-order chi connectivity index (χ1) is 12.5. The van der Waals surface area contributed by atoms with Gasteiger partial charge in [0.15, 0.2) is 5.65 Å². The Kier molecular flexibility index (Phi) is 4.16. The largest absolute Gasteiger partial charge is 0.480 e. The predicted molar refractivity (Wildman–Crippen MR) is 98.7 cm³/mol. The number of halogens is 1. The zero-order valence-electron chi connectivity index (χ0n) is 14.1. The number of aliphatic carboxylic acids is 1. The maximum absolute atomic E-state index is 11.1. The van der Waals surface area contributed by atoms with Crippen LogP contribution in [0, 0.1) is 0 Å². The molecule has 0 aromatic carbocycles. The van der Waals surface area contributed by atoms with Gasteiger partial charge >= 0.3 is 5.97 Å². The van der Waals surface area contributed by atoms with Crippen molar-refractivity contribution in [3.63, 3.8) is 0 Å². The number of nitrogens with zero attached hydrogens (tertiary/aromatic N) is 5. The van der Waals surface area contributed by atoms with Crippen LogP contribution in [0.2, 0.25) is 0 Å². The molecule has 0 amide bonds. The molecule has 0 saturated carbocycles. The Balaban J connectivity index is 1.76. The third-order valence-electron chi connectivity index (χ3n) is 4.76. The number of nitrogen functional groups attached to an aromatic ring is 1. The fraction of sp³-hybridized carbons (Fsp3) is 0.375. The van der Waals surface area contributed by atoms with Crippen LogP contribution in [0.15, 0.2) is 23.1 Å². The minimum absolute atomic E-state index is 0.0731. The molecule has 1 aliphatic heterocycles. The van der Waals surface area contributed by atoms with Crippen LogP contribution in [0.1, 0.15) is 24.5 Å². The number of hydrogen-bond acceptors (Lipinski definition) is 6. The van der Waals surface area contributed by atoms with Crippen LogP contribution in [0.3, 0.4) is 0 Å². The van der Waals surface area contributed by atoms with Gasteiger partial charge in [-0.05, 0) is 28.8 Å². The quantitative estimate of drug-likeness (QED) is 0.585. The van der Waals surface area contributed by atoms with E-state index in [0.29, 0.717) is 28.9 Å². The van der Waals surface area contributed by atoms with Crippen LogP contribution in [0.25, 0.3) is 16.8 Å². The second-order valence-electron chi connectivity index (χ2n) is 6.47. The molecule has 26 heavy (non-hydrogen) atoms. The molecule has 0 bridgehead atoms. The van der Waals surface area contributed by atoms with Gasteiger partial charge in [0.2, 0.25) is 0 Å². The van der Waals surface area contributed by atoms with E-state index in [1.807, 2.05) is 13.2 Å². The summed E-state index contributed by atoms with van der Waals surface area (Å²) < 4.78 is 4.03. The number of piperidine rings is 1. The van der Waals surface area contributed by atoms with Gasteiger partial charge in [0, 0.05) is 36.8 Å². The number of fused-ring (bicyclic) bond motifs is 1. The van der Waals surface area contributed by atoms with E-state index < -0.39 is 12.0 Å². The van der Waals surface area contributed by atoms with E-state index in [0.717, 1.165) is 23.2 Å². The van der Waals surface area contributed by atoms with Crippen molar-refractivity contribution >= 4 is 33.4 Å². The van der Waals surface area contributed by atoms with Gasteiger partial charge in [0.25, 0.3) is 0 Å². The third-order valence-corrected chi connectivity index (χ3v) is 5.58. The van der Waals surface area contributed by atoms with E-state index in [1.54, 1.807) is 21.6 Å². The van der Waals surface area contributed by atoms with Crippen LogP contribution in [-0.4, -0.2) is 48.0 Å². The van der Waals surface area contributed by atoms with Crippen LogP contribution in [0.5, 0.6) is 0 Å². The van der Waals surface area contributed by atoms with Crippen LogP contribution >= 0.6 is 15.9 Å². The zero-order valence-corrected chi connectivity index (χ0v) is 15.6. The molecular weight excluding hydrogens is 402 g/mol. The molecular formula is C16H18BrN7O2. The highest BCUT2D eigenvalue weighted by atomic mass is 79.9. The molecule has 1 saturated heterocycles. The molecule has 3 aromatic heterocycles. The number of aromatic nitrogens is 5. The molecule has 0 spiro atoms. The van der Waals surface area contributed by atoms with E-state index >= 15 is 0 Å². The lowest BCUT2D eigenvalue weighted by Crippen LogP contribution is -2.43. The topological polar surface area (TPSA) is 123 Å². The van der Waals surface area contributed by atoms with Crippen molar-refractivity contribution in [2.24, 2.45) is 7.05 Å². The number of anilines is 1. The number of aryl methyl sites for hydroxylation is 1. The molecule has 136 valence electrons. The summed E-state index contributed by atoms with van der Waals surface area (Å²) >= 11 is 3.54. The maximum atomic E-state index is 11.1. The first-order valence-electron chi connectivity index (χ1n) is 8.23. The van der Waals surface area contributed by atoms with Crippen molar-refractivity contribution in [1.82, 2.24) is 29.7 Å². The van der Waals surface area contributed by atoms with Gasteiger partial charge < -0.3 is 16.2 Å². The van der Waals surface area contributed by atoms with E-state index in [4.69, 9.17) is 15.8 Å². The summed E-state index contributed by atoms with van der Waals surface area (Å²) in [5.41, 5.74) is 9.52. The summed E-state index contributed by atoms with van der Waals surface area (Å²) in [5.74, 6) is -0.274. The second-order valence-corrected chi connectivity index (χ2v) is 7.26. The minimum atomic E-state index is -0.819. The van der Waals surface area contributed by atoms with Crippen molar-refractivity contribution in [3.8, 4) is 11.1 Å². The van der Waals surface area contributed by atoms with Crippen molar-refractivity contribution in [3.05, 3.63) is 28.8 Å². The summed E-state index contributed by atoms with van der Waals surface area (Å²) in [6, 6.07) is -0.507. The van der Waals surface area contributed by atoms with Crippen LogP contribution in [-0.2, 0) is 11.8 Å². The number of nitrogens with one attached hydrogen (secondary N) is 1. The lowest BCUT2D eigenvalue weighted by molar-refractivity contribution is -0.140.